The highest BCUT2D eigenvalue weighted by Crippen LogP contribution is 2.35. The normalized spacial score (nSPS) is 10.2. The summed E-state index contributed by atoms with van der Waals surface area (Å²) in [6.45, 7) is 4.27. The smallest absolute Gasteiger partial charge is 0.345 e. The number of hydrogen-bond donors (Lipinski definition) is 0. The quantitative estimate of drug-likeness (QED) is 0.374. The number of carbonyl (C=O) groups is 1. The van der Waals surface area contributed by atoms with Crippen molar-refractivity contribution in [2.45, 2.75) is 20.5 Å². The summed E-state index contributed by atoms with van der Waals surface area (Å²) in [6.07, 6.45) is 0. The van der Waals surface area contributed by atoms with Gasteiger partial charge in [0.15, 0.2) is 11.5 Å². The Morgan fingerprint density at radius 2 is 1.70 bits per heavy atom. The number of carbonyl (C=O) groups excluding carboxylic acids is 1. The molecule has 2 rings (SSSR count). The van der Waals surface area contributed by atoms with Crippen molar-refractivity contribution in [3.05, 3.63) is 57.6 Å². The van der Waals surface area contributed by atoms with Gasteiger partial charge in [-0.05, 0) is 19.9 Å². The highest BCUT2D eigenvalue weighted by Gasteiger charge is 2.26. The van der Waals surface area contributed by atoms with Crippen LogP contribution in [0.25, 0.3) is 0 Å². The molecule has 0 radical (unpaired) electrons. The van der Waals surface area contributed by atoms with E-state index in [1.165, 1.54) is 13.2 Å². The molecule has 0 saturated carbocycles. The summed E-state index contributed by atoms with van der Waals surface area (Å²) in [5, 5.41) is 11.4. The number of para-hydroxylation sites is 1. The van der Waals surface area contributed by atoms with Gasteiger partial charge < -0.3 is 18.9 Å². The fourth-order valence-electron chi connectivity index (χ4n) is 2.43. The molecule has 2 aromatic carbocycles. The SMILES string of the molecule is CCOc1ccccc1COC(=O)c1cc(OC)c(OCC)cc1[N+](=O)[O-]. The van der Waals surface area contributed by atoms with E-state index in [1.54, 1.807) is 31.2 Å². The minimum atomic E-state index is -0.839. The summed E-state index contributed by atoms with van der Waals surface area (Å²) in [6, 6.07) is 9.51. The lowest BCUT2D eigenvalue weighted by Gasteiger charge is -2.13. The fraction of sp³-hybridized carbons (Fsp3) is 0.316. The molecule has 0 bridgehead atoms. The molecule has 0 saturated heterocycles. The summed E-state index contributed by atoms with van der Waals surface area (Å²) in [5.74, 6) is 0.148. The number of ether oxygens (including phenoxy) is 4. The molecule has 0 amide bonds. The fourth-order valence-corrected chi connectivity index (χ4v) is 2.43. The molecule has 0 fully saturated rings. The number of nitro groups is 1. The van der Waals surface area contributed by atoms with Gasteiger partial charge in [0, 0.05) is 11.6 Å². The van der Waals surface area contributed by atoms with Gasteiger partial charge in [0.05, 0.1) is 31.3 Å². The lowest BCUT2D eigenvalue weighted by atomic mass is 10.1. The van der Waals surface area contributed by atoms with Crippen LogP contribution >= 0.6 is 0 Å². The molecule has 0 aliphatic heterocycles. The molecule has 0 atom stereocenters. The Hall–Kier alpha value is -3.29. The molecule has 0 heterocycles. The Morgan fingerprint density at radius 3 is 2.33 bits per heavy atom. The number of benzene rings is 2. The minimum absolute atomic E-state index is 0.0817. The highest BCUT2D eigenvalue weighted by atomic mass is 16.6. The van der Waals surface area contributed by atoms with Crippen molar-refractivity contribution in [2.75, 3.05) is 20.3 Å². The molecule has 8 heteroatoms. The second-order valence-corrected chi connectivity index (χ2v) is 5.33. The third kappa shape index (κ3) is 4.87. The maximum absolute atomic E-state index is 12.5. The third-order valence-electron chi connectivity index (χ3n) is 3.63. The first-order chi connectivity index (χ1) is 13.0. The first-order valence-electron chi connectivity index (χ1n) is 8.38. The first kappa shape index (κ1) is 20.0. The number of rotatable bonds is 9. The van der Waals surface area contributed by atoms with E-state index in [9.17, 15) is 14.9 Å². The van der Waals surface area contributed by atoms with Crippen LogP contribution in [-0.4, -0.2) is 31.2 Å². The van der Waals surface area contributed by atoms with Gasteiger partial charge in [-0.1, -0.05) is 18.2 Å². The third-order valence-corrected chi connectivity index (χ3v) is 3.63. The van der Waals surface area contributed by atoms with Crippen molar-refractivity contribution in [3.8, 4) is 17.2 Å². The zero-order valence-electron chi connectivity index (χ0n) is 15.4. The molecule has 0 spiro atoms. The Bertz CT molecular complexity index is 820. The van der Waals surface area contributed by atoms with Gasteiger partial charge in [-0.25, -0.2) is 4.79 Å². The minimum Gasteiger partial charge on any atom is -0.493 e. The topological polar surface area (TPSA) is 97.1 Å². The van der Waals surface area contributed by atoms with E-state index in [4.69, 9.17) is 18.9 Å². The van der Waals surface area contributed by atoms with Crippen LogP contribution in [0.4, 0.5) is 5.69 Å². The Labute approximate surface area is 156 Å². The van der Waals surface area contributed by atoms with Crippen molar-refractivity contribution >= 4 is 11.7 Å². The average molecular weight is 375 g/mol. The summed E-state index contributed by atoms with van der Waals surface area (Å²) < 4.78 is 21.2. The number of methoxy groups -OCH3 is 1. The predicted molar refractivity (Wildman–Crippen MR) is 97.5 cm³/mol. The van der Waals surface area contributed by atoms with Crippen LogP contribution in [0.5, 0.6) is 17.2 Å². The Balaban J connectivity index is 2.28. The van der Waals surface area contributed by atoms with Crippen LogP contribution in [0.2, 0.25) is 0 Å². The lowest BCUT2D eigenvalue weighted by Crippen LogP contribution is -2.10. The van der Waals surface area contributed by atoms with Gasteiger partial charge in [0.25, 0.3) is 5.69 Å². The lowest BCUT2D eigenvalue weighted by molar-refractivity contribution is -0.385. The maximum Gasteiger partial charge on any atom is 0.345 e. The molecule has 2 aromatic rings. The summed E-state index contributed by atoms with van der Waals surface area (Å²) in [5.41, 5.74) is 0.0322. The van der Waals surface area contributed by atoms with E-state index in [-0.39, 0.29) is 23.7 Å². The van der Waals surface area contributed by atoms with E-state index in [0.717, 1.165) is 6.07 Å². The molecule has 0 aromatic heterocycles. The van der Waals surface area contributed by atoms with Gasteiger partial charge >= 0.3 is 5.97 Å². The number of nitro benzene ring substituents is 1. The highest BCUT2D eigenvalue weighted by molar-refractivity contribution is 5.95. The van der Waals surface area contributed by atoms with E-state index in [1.807, 2.05) is 6.92 Å². The van der Waals surface area contributed by atoms with Crippen molar-refractivity contribution < 1.29 is 28.7 Å². The maximum atomic E-state index is 12.5. The second kappa shape index (κ2) is 9.42. The largest absolute Gasteiger partial charge is 0.493 e. The summed E-state index contributed by atoms with van der Waals surface area (Å²) in [4.78, 5) is 23.2. The summed E-state index contributed by atoms with van der Waals surface area (Å²) >= 11 is 0. The van der Waals surface area contributed by atoms with Gasteiger partial charge in [0.1, 0.15) is 17.9 Å². The van der Waals surface area contributed by atoms with E-state index in [2.05, 4.69) is 0 Å². The number of esters is 1. The van der Waals surface area contributed by atoms with Crippen molar-refractivity contribution in [1.29, 1.82) is 0 Å². The molecular formula is C19H21NO7. The van der Waals surface area contributed by atoms with Crippen LogP contribution in [0, 0.1) is 10.1 Å². The van der Waals surface area contributed by atoms with Crippen LogP contribution in [0.15, 0.2) is 36.4 Å². The molecule has 0 aliphatic rings. The molecule has 0 unspecified atom stereocenters. The van der Waals surface area contributed by atoms with Gasteiger partial charge in [-0.15, -0.1) is 0 Å². The monoisotopic (exact) mass is 375 g/mol. The number of nitrogens with zero attached hydrogens (tertiary/aromatic N) is 1. The summed E-state index contributed by atoms with van der Waals surface area (Å²) in [7, 11) is 1.39. The van der Waals surface area contributed by atoms with Gasteiger partial charge in [-0.2, -0.15) is 0 Å². The molecule has 8 nitrogen and oxygen atoms in total. The van der Waals surface area contributed by atoms with Crippen LogP contribution in [0.1, 0.15) is 29.8 Å². The zero-order chi connectivity index (χ0) is 19.8. The average Bonchev–Trinajstić information content (AvgIpc) is 2.67. The Kier molecular flexibility index (Phi) is 6.99. The first-order valence-corrected chi connectivity index (χ1v) is 8.38. The van der Waals surface area contributed by atoms with Crippen LogP contribution in [0.3, 0.4) is 0 Å². The zero-order valence-corrected chi connectivity index (χ0v) is 15.4. The molecule has 27 heavy (non-hydrogen) atoms. The van der Waals surface area contributed by atoms with Gasteiger partial charge in [0.2, 0.25) is 0 Å². The van der Waals surface area contributed by atoms with Crippen molar-refractivity contribution in [3.63, 3.8) is 0 Å². The van der Waals surface area contributed by atoms with Crippen molar-refractivity contribution in [1.82, 2.24) is 0 Å². The predicted octanol–water partition coefficient (Wildman–Crippen LogP) is 3.76. The molecular weight excluding hydrogens is 354 g/mol. The van der Waals surface area contributed by atoms with Crippen molar-refractivity contribution in [2.24, 2.45) is 0 Å². The van der Waals surface area contributed by atoms with Gasteiger partial charge in [-0.3, -0.25) is 10.1 Å². The van der Waals surface area contributed by atoms with E-state index in [0.29, 0.717) is 24.5 Å². The molecule has 0 aliphatic carbocycles. The molecule has 144 valence electrons. The van der Waals surface area contributed by atoms with Crippen LogP contribution < -0.4 is 14.2 Å². The van der Waals surface area contributed by atoms with Crippen LogP contribution in [-0.2, 0) is 11.3 Å². The molecule has 0 N–H and O–H groups in total. The second-order valence-electron chi connectivity index (χ2n) is 5.33. The Morgan fingerprint density at radius 1 is 1.04 bits per heavy atom. The number of hydrogen-bond acceptors (Lipinski definition) is 7. The van der Waals surface area contributed by atoms with E-state index < -0.39 is 16.6 Å². The van der Waals surface area contributed by atoms with E-state index >= 15 is 0 Å². The standard InChI is InChI=1S/C19H21NO7/c1-4-25-16-9-7-6-8-13(16)12-27-19(21)14-10-17(24-3)18(26-5-2)11-15(14)20(22)23/h6-11H,4-5,12H2,1-3H3.